The van der Waals surface area contributed by atoms with Gasteiger partial charge in [0.25, 0.3) is 0 Å². The quantitative estimate of drug-likeness (QED) is 0.591. The van der Waals surface area contributed by atoms with Crippen molar-refractivity contribution in [1.82, 2.24) is 9.80 Å². The Bertz CT molecular complexity index is 333. The Balaban J connectivity index is 1.49. The molecule has 0 N–H and O–H groups in total. The second-order valence-corrected chi connectivity index (χ2v) is 9.00. The molecule has 1 aliphatic heterocycles. The van der Waals surface area contributed by atoms with Gasteiger partial charge in [-0.15, -0.1) is 0 Å². The summed E-state index contributed by atoms with van der Waals surface area (Å²) in [5.41, 5.74) is 0. The van der Waals surface area contributed by atoms with E-state index in [4.69, 9.17) is 4.74 Å². The summed E-state index contributed by atoms with van der Waals surface area (Å²) in [6.45, 7) is 15.4. The van der Waals surface area contributed by atoms with Crippen molar-refractivity contribution in [3.05, 3.63) is 0 Å². The van der Waals surface area contributed by atoms with Crippen LogP contribution in [0.3, 0.4) is 0 Å². The van der Waals surface area contributed by atoms with Gasteiger partial charge in [0.1, 0.15) is 0 Å². The molecule has 3 nitrogen and oxygen atoms in total. The largest absolute Gasteiger partial charge is 0.378 e. The van der Waals surface area contributed by atoms with E-state index < -0.39 is 0 Å². The Morgan fingerprint density at radius 2 is 1.79 bits per heavy atom. The Labute approximate surface area is 151 Å². The van der Waals surface area contributed by atoms with E-state index in [0.717, 1.165) is 30.4 Å². The van der Waals surface area contributed by atoms with Crippen molar-refractivity contribution in [3.63, 3.8) is 0 Å². The molecule has 1 heterocycles. The fourth-order valence-corrected chi connectivity index (χ4v) is 4.19. The molecule has 2 fully saturated rings. The summed E-state index contributed by atoms with van der Waals surface area (Å²) in [6, 6.07) is 0.765. The molecule has 1 unspecified atom stereocenters. The molecule has 0 aromatic carbocycles. The smallest absolute Gasteiger partial charge is 0.0605 e. The lowest BCUT2D eigenvalue weighted by molar-refractivity contribution is -0.0521. The number of hydrogen-bond acceptors (Lipinski definition) is 3. The zero-order chi connectivity index (χ0) is 17.5. The van der Waals surface area contributed by atoms with Crippen molar-refractivity contribution < 1.29 is 4.74 Å². The summed E-state index contributed by atoms with van der Waals surface area (Å²) in [4.78, 5) is 5.20. The normalized spacial score (nSPS) is 27.6. The van der Waals surface area contributed by atoms with Gasteiger partial charge >= 0.3 is 0 Å². The fourth-order valence-electron chi connectivity index (χ4n) is 4.19. The summed E-state index contributed by atoms with van der Waals surface area (Å²) in [5.74, 6) is 2.52. The van der Waals surface area contributed by atoms with Gasteiger partial charge in [-0.3, -0.25) is 0 Å². The van der Waals surface area contributed by atoms with E-state index in [-0.39, 0.29) is 0 Å². The fraction of sp³-hybridized carbons (Fsp3) is 1.00. The Hall–Kier alpha value is -0.120. The first kappa shape index (κ1) is 20.2. The topological polar surface area (TPSA) is 15.7 Å². The van der Waals surface area contributed by atoms with Gasteiger partial charge in [-0.25, -0.2) is 0 Å². The highest BCUT2D eigenvalue weighted by atomic mass is 16.5. The molecule has 1 saturated heterocycles. The number of nitrogens with zero attached hydrogens (tertiary/aromatic N) is 2. The average Bonchev–Trinajstić information content (AvgIpc) is 2.50. The average molecular weight is 339 g/mol. The highest BCUT2D eigenvalue weighted by molar-refractivity contribution is 4.87. The number of ether oxygens (including phenoxy) is 1. The summed E-state index contributed by atoms with van der Waals surface area (Å²) in [5, 5.41) is 0. The zero-order valence-electron chi connectivity index (χ0n) is 17.0. The summed E-state index contributed by atoms with van der Waals surface area (Å²) in [6.07, 6.45) is 8.37. The second-order valence-electron chi connectivity index (χ2n) is 9.00. The highest BCUT2D eigenvalue weighted by Gasteiger charge is 2.33. The molecule has 1 atom stereocenters. The van der Waals surface area contributed by atoms with Crippen LogP contribution in [-0.4, -0.2) is 61.8 Å². The van der Waals surface area contributed by atoms with Gasteiger partial charge in [0.05, 0.1) is 6.10 Å². The predicted octanol–water partition coefficient (Wildman–Crippen LogP) is 4.27. The third kappa shape index (κ3) is 6.65. The van der Waals surface area contributed by atoms with E-state index >= 15 is 0 Å². The van der Waals surface area contributed by atoms with Gasteiger partial charge in [0.2, 0.25) is 0 Å². The molecule has 1 aliphatic carbocycles. The summed E-state index contributed by atoms with van der Waals surface area (Å²) < 4.78 is 6.13. The van der Waals surface area contributed by atoms with Crippen LogP contribution in [0.2, 0.25) is 0 Å². The van der Waals surface area contributed by atoms with Crippen LogP contribution in [0.25, 0.3) is 0 Å². The van der Waals surface area contributed by atoms with Gasteiger partial charge < -0.3 is 14.5 Å². The van der Waals surface area contributed by atoms with Gasteiger partial charge in [-0.05, 0) is 70.0 Å². The predicted molar refractivity (Wildman–Crippen MR) is 103 cm³/mol. The van der Waals surface area contributed by atoms with Crippen molar-refractivity contribution >= 4 is 0 Å². The molecule has 2 aliphatic rings. The third-order valence-electron chi connectivity index (χ3n) is 6.20. The molecule has 0 aromatic rings. The Morgan fingerprint density at radius 3 is 2.38 bits per heavy atom. The first-order chi connectivity index (χ1) is 11.5. The maximum absolute atomic E-state index is 6.13. The molecule has 0 aromatic heterocycles. The van der Waals surface area contributed by atoms with Crippen LogP contribution < -0.4 is 0 Å². The molecule has 142 valence electrons. The van der Waals surface area contributed by atoms with Crippen LogP contribution in [-0.2, 0) is 4.74 Å². The molecular weight excluding hydrogens is 296 g/mol. The van der Waals surface area contributed by atoms with E-state index in [9.17, 15) is 0 Å². The molecule has 2 rings (SSSR count). The minimum atomic E-state index is 0.537. The van der Waals surface area contributed by atoms with Gasteiger partial charge in [0.15, 0.2) is 0 Å². The van der Waals surface area contributed by atoms with Crippen molar-refractivity contribution in [3.8, 4) is 0 Å². The second kappa shape index (κ2) is 10.1. The first-order valence-electron chi connectivity index (χ1n) is 10.5. The van der Waals surface area contributed by atoms with E-state index in [1.807, 2.05) is 0 Å². The molecule has 0 radical (unpaired) electrons. The summed E-state index contributed by atoms with van der Waals surface area (Å²) >= 11 is 0. The van der Waals surface area contributed by atoms with E-state index in [2.05, 4.69) is 44.5 Å². The molecular formula is C21H42N2O. The monoisotopic (exact) mass is 338 g/mol. The van der Waals surface area contributed by atoms with Gasteiger partial charge in [0, 0.05) is 25.7 Å². The maximum atomic E-state index is 6.13. The van der Waals surface area contributed by atoms with Crippen molar-refractivity contribution in [1.29, 1.82) is 0 Å². The SMILES string of the molecule is CCC(C)CN1CCC(CCO[C@H]2C[C@H](N(C)CC(C)C)C2)CC1. The molecule has 0 amide bonds. The van der Waals surface area contributed by atoms with Crippen LogP contribution in [0.1, 0.15) is 66.2 Å². The molecule has 0 bridgehead atoms. The highest BCUT2D eigenvalue weighted by Crippen LogP contribution is 2.29. The van der Waals surface area contributed by atoms with Crippen LogP contribution >= 0.6 is 0 Å². The van der Waals surface area contributed by atoms with Crippen molar-refractivity contribution in [2.24, 2.45) is 17.8 Å². The van der Waals surface area contributed by atoms with Crippen molar-refractivity contribution in [2.45, 2.75) is 78.4 Å². The standard InChI is InChI=1S/C21H42N2O/c1-6-18(4)16-23-10-7-19(8-11-23)9-12-24-21-13-20(14-21)22(5)15-17(2)3/h17-21H,6-16H2,1-5H3/t18?,20-,21-. The van der Waals surface area contributed by atoms with Gasteiger partial charge in [-0.2, -0.15) is 0 Å². The van der Waals surface area contributed by atoms with Gasteiger partial charge in [-0.1, -0.05) is 34.1 Å². The van der Waals surface area contributed by atoms with E-state index in [1.165, 1.54) is 64.7 Å². The van der Waals surface area contributed by atoms with E-state index in [0.29, 0.717) is 6.10 Å². The summed E-state index contributed by atoms with van der Waals surface area (Å²) in [7, 11) is 2.27. The molecule has 0 spiro atoms. The third-order valence-corrected chi connectivity index (χ3v) is 6.20. The van der Waals surface area contributed by atoms with E-state index in [1.54, 1.807) is 0 Å². The van der Waals surface area contributed by atoms with Crippen LogP contribution in [0.15, 0.2) is 0 Å². The molecule has 24 heavy (non-hydrogen) atoms. The zero-order valence-corrected chi connectivity index (χ0v) is 17.0. The minimum absolute atomic E-state index is 0.537. The lowest BCUT2D eigenvalue weighted by atomic mass is 9.87. The number of rotatable bonds is 10. The Kier molecular flexibility index (Phi) is 8.53. The molecule has 3 heteroatoms. The van der Waals surface area contributed by atoms with Crippen LogP contribution in [0.5, 0.6) is 0 Å². The first-order valence-corrected chi connectivity index (χ1v) is 10.5. The van der Waals surface area contributed by atoms with Crippen LogP contribution in [0.4, 0.5) is 0 Å². The molecule has 1 saturated carbocycles. The lowest BCUT2D eigenvalue weighted by Crippen LogP contribution is -2.47. The minimum Gasteiger partial charge on any atom is -0.378 e. The van der Waals surface area contributed by atoms with Crippen LogP contribution in [0, 0.1) is 17.8 Å². The number of hydrogen-bond donors (Lipinski definition) is 0. The Morgan fingerprint density at radius 1 is 1.12 bits per heavy atom. The number of piperidine rings is 1. The van der Waals surface area contributed by atoms with Crippen molar-refractivity contribution in [2.75, 3.05) is 39.8 Å². The number of likely N-dealkylation sites (tertiary alicyclic amines) is 1. The maximum Gasteiger partial charge on any atom is 0.0605 e. The lowest BCUT2D eigenvalue weighted by Gasteiger charge is -2.42.